The van der Waals surface area contributed by atoms with Crippen molar-refractivity contribution in [2.24, 2.45) is 11.8 Å². The number of likely N-dealkylation sites (tertiary alicyclic amines) is 1. The number of aryl methyl sites for hydroxylation is 1. The van der Waals surface area contributed by atoms with E-state index in [0.29, 0.717) is 5.92 Å². The van der Waals surface area contributed by atoms with Crippen LogP contribution in [-0.2, 0) is 11.3 Å². The molecule has 1 saturated heterocycles. The maximum absolute atomic E-state index is 10.9. The molecule has 2 rings (SSSR count). The lowest BCUT2D eigenvalue weighted by molar-refractivity contribution is -0.145. The molecule has 0 saturated carbocycles. The fourth-order valence-corrected chi connectivity index (χ4v) is 2.48. The summed E-state index contributed by atoms with van der Waals surface area (Å²) in [6.45, 7) is 8.84. The Kier molecular flexibility index (Phi) is 3.71. The molecule has 1 aliphatic rings. The van der Waals surface area contributed by atoms with E-state index in [1.54, 1.807) is 0 Å². The molecular weight excluding hydrogens is 226 g/mol. The summed E-state index contributed by atoms with van der Waals surface area (Å²) >= 11 is 0. The van der Waals surface area contributed by atoms with E-state index in [1.165, 1.54) is 16.7 Å². The van der Waals surface area contributed by atoms with Gasteiger partial charge in [0.1, 0.15) is 0 Å². The Balaban J connectivity index is 1.91. The molecule has 1 N–H and O–H groups in total. The standard InChI is InChI=1S/C15H21NO2/c1-10-5-4-6-13(11(10)2)7-16-8-14(9-16)12(3)15(17)18/h4-6,12,14H,7-9H2,1-3H3,(H,17,18). The van der Waals surface area contributed by atoms with Crippen molar-refractivity contribution in [1.82, 2.24) is 4.90 Å². The van der Waals surface area contributed by atoms with Gasteiger partial charge in [0.05, 0.1) is 5.92 Å². The molecule has 0 radical (unpaired) electrons. The maximum Gasteiger partial charge on any atom is 0.306 e. The number of aliphatic carboxylic acids is 1. The first-order valence-electron chi connectivity index (χ1n) is 6.49. The van der Waals surface area contributed by atoms with E-state index < -0.39 is 5.97 Å². The highest BCUT2D eigenvalue weighted by Crippen LogP contribution is 2.26. The highest BCUT2D eigenvalue weighted by Gasteiger charge is 2.34. The molecule has 1 aliphatic heterocycles. The molecule has 1 fully saturated rings. The summed E-state index contributed by atoms with van der Waals surface area (Å²) < 4.78 is 0. The Hall–Kier alpha value is -1.35. The van der Waals surface area contributed by atoms with Gasteiger partial charge in [-0.3, -0.25) is 9.69 Å². The van der Waals surface area contributed by atoms with Gasteiger partial charge in [-0.25, -0.2) is 0 Å². The number of benzene rings is 1. The first-order valence-corrected chi connectivity index (χ1v) is 6.49. The first kappa shape index (κ1) is 13.1. The summed E-state index contributed by atoms with van der Waals surface area (Å²) in [6, 6.07) is 6.38. The van der Waals surface area contributed by atoms with Crippen LogP contribution in [0.2, 0.25) is 0 Å². The van der Waals surface area contributed by atoms with Gasteiger partial charge in [0, 0.05) is 19.6 Å². The third kappa shape index (κ3) is 2.56. The SMILES string of the molecule is Cc1cccc(CN2CC(C(C)C(=O)O)C2)c1C. The topological polar surface area (TPSA) is 40.5 Å². The summed E-state index contributed by atoms with van der Waals surface area (Å²) in [6.07, 6.45) is 0. The smallest absolute Gasteiger partial charge is 0.306 e. The van der Waals surface area contributed by atoms with Crippen LogP contribution in [0.4, 0.5) is 0 Å². The third-order valence-electron chi connectivity index (χ3n) is 4.19. The molecule has 98 valence electrons. The zero-order valence-corrected chi connectivity index (χ0v) is 11.3. The normalized spacial score (nSPS) is 18.4. The Bertz CT molecular complexity index is 450. The second-order valence-electron chi connectivity index (χ2n) is 5.44. The number of carboxylic acid groups (broad SMARTS) is 1. The van der Waals surface area contributed by atoms with Gasteiger partial charge in [0.2, 0.25) is 0 Å². The fraction of sp³-hybridized carbons (Fsp3) is 0.533. The second kappa shape index (κ2) is 5.11. The van der Waals surface area contributed by atoms with E-state index in [-0.39, 0.29) is 5.92 Å². The van der Waals surface area contributed by atoms with Gasteiger partial charge in [-0.05, 0) is 36.5 Å². The molecular formula is C15H21NO2. The molecule has 1 aromatic carbocycles. The van der Waals surface area contributed by atoms with Crippen molar-refractivity contribution in [1.29, 1.82) is 0 Å². The maximum atomic E-state index is 10.9. The summed E-state index contributed by atoms with van der Waals surface area (Å²) in [4.78, 5) is 13.2. The van der Waals surface area contributed by atoms with E-state index in [0.717, 1.165) is 19.6 Å². The first-order chi connectivity index (χ1) is 8.49. The van der Waals surface area contributed by atoms with Crippen LogP contribution in [0, 0.1) is 25.7 Å². The van der Waals surface area contributed by atoms with E-state index in [1.807, 2.05) is 6.92 Å². The molecule has 0 aromatic heterocycles. The zero-order valence-electron chi connectivity index (χ0n) is 11.3. The van der Waals surface area contributed by atoms with E-state index in [2.05, 4.69) is 36.9 Å². The van der Waals surface area contributed by atoms with Crippen LogP contribution < -0.4 is 0 Å². The van der Waals surface area contributed by atoms with Crippen LogP contribution in [0.1, 0.15) is 23.6 Å². The van der Waals surface area contributed by atoms with Gasteiger partial charge < -0.3 is 5.11 Å². The fourth-order valence-electron chi connectivity index (χ4n) is 2.48. The van der Waals surface area contributed by atoms with Crippen LogP contribution in [0.15, 0.2) is 18.2 Å². The average molecular weight is 247 g/mol. The highest BCUT2D eigenvalue weighted by molar-refractivity contribution is 5.70. The van der Waals surface area contributed by atoms with Gasteiger partial charge in [-0.15, -0.1) is 0 Å². The van der Waals surface area contributed by atoms with E-state index in [4.69, 9.17) is 5.11 Å². The van der Waals surface area contributed by atoms with Crippen molar-refractivity contribution in [2.45, 2.75) is 27.3 Å². The summed E-state index contributed by atoms with van der Waals surface area (Å²) in [5.41, 5.74) is 4.03. The van der Waals surface area contributed by atoms with Crippen molar-refractivity contribution in [3.63, 3.8) is 0 Å². The van der Waals surface area contributed by atoms with Crippen molar-refractivity contribution in [2.75, 3.05) is 13.1 Å². The number of carboxylic acids is 1. The molecule has 3 heteroatoms. The molecule has 0 amide bonds. The van der Waals surface area contributed by atoms with Gasteiger partial charge >= 0.3 is 5.97 Å². The minimum atomic E-state index is -0.675. The molecule has 1 aromatic rings. The van der Waals surface area contributed by atoms with Crippen molar-refractivity contribution >= 4 is 5.97 Å². The number of rotatable bonds is 4. The van der Waals surface area contributed by atoms with Gasteiger partial charge in [0.15, 0.2) is 0 Å². The lowest BCUT2D eigenvalue weighted by Crippen LogP contribution is -2.50. The minimum Gasteiger partial charge on any atom is -0.481 e. The Morgan fingerprint density at radius 1 is 1.44 bits per heavy atom. The van der Waals surface area contributed by atoms with Crippen LogP contribution in [0.25, 0.3) is 0 Å². The van der Waals surface area contributed by atoms with E-state index >= 15 is 0 Å². The minimum absolute atomic E-state index is 0.222. The lowest BCUT2D eigenvalue weighted by Gasteiger charge is -2.41. The Morgan fingerprint density at radius 3 is 2.72 bits per heavy atom. The van der Waals surface area contributed by atoms with E-state index in [9.17, 15) is 4.79 Å². The zero-order chi connectivity index (χ0) is 13.3. The van der Waals surface area contributed by atoms with Crippen LogP contribution in [0.5, 0.6) is 0 Å². The van der Waals surface area contributed by atoms with Gasteiger partial charge in [-0.1, -0.05) is 25.1 Å². The van der Waals surface area contributed by atoms with Gasteiger partial charge in [-0.2, -0.15) is 0 Å². The van der Waals surface area contributed by atoms with Crippen LogP contribution in [-0.4, -0.2) is 29.1 Å². The van der Waals surface area contributed by atoms with Crippen molar-refractivity contribution in [3.8, 4) is 0 Å². The Labute approximate surface area is 108 Å². The number of hydrogen-bond donors (Lipinski definition) is 1. The largest absolute Gasteiger partial charge is 0.481 e. The number of hydrogen-bond acceptors (Lipinski definition) is 2. The molecule has 3 nitrogen and oxygen atoms in total. The number of carbonyl (C=O) groups is 1. The number of nitrogens with zero attached hydrogens (tertiary/aromatic N) is 1. The quantitative estimate of drug-likeness (QED) is 0.888. The van der Waals surface area contributed by atoms with Crippen LogP contribution >= 0.6 is 0 Å². The molecule has 0 spiro atoms. The second-order valence-corrected chi connectivity index (χ2v) is 5.44. The molecule has 1 unspecified atom stereocenters. The summed E-state index contributed by atoms with van der Waals surface area (Å²) in [5.74, 6) is -0.584. The predicted molar refractivity (Wildman–Crippen MR) is 71.5 cm³/mol. The monoisotopic (exact) mass is 247 g/mol. The molecule has 1 heterocycles. The lowest BCUT2D eigenvalue weighted by atomic mass is 9.86. The summed E-state index contributed by atoms with van der Waals surface area (Å²) in [7, 11) is 0. The summed E-state index contributed by atoms with van der Waals surface area (Å²) in [5, 5.41) is 8.96. The molecule has 0 aliphatic carbocycles. The van der Waals surface area contributed by atoms with Gasteiger partial charge in [0.25, 0.3) is 0 Å². The van der Waals surface area contributed by atoms with Crippen molar-refractivity contribution < 1.29 is 9.90 Å². The Morgan fingerprint density at radius 2 is 2.11 bits per heavy atom. The average Bonchev–Trinajstić information content (AvgIpc) is 2.27. The van der Waals surface area contributed by atoms with Crippen LogP contribution in [0.3, 0.4) is 0 Å². The highest BCUT2D eigenvalue weighted by atomic mass is 16.4. The third-order valence-corrected chi connectivity index (χ3v) is 4.19. The predicted octanol–water partition coefficient (Wildman–Crippen LogP) is 2.46. The molecule has 0 bridgehead atoms. The van der Waals surface area contributed by atoms with Crippen molar-refractivity contribution in [3.05, 3.63) is 34.9 Å². The molecule has 18 heavy (non-hydrogen) atoms. The molecule has 1 atom stereocenters.